The van der Waals surface area contributed by atoms with E-state index in [4.69, 9.17) is 0 Å². The molecule has 0 N–H and O–H groups in total. The van der Waals surface area contributed by atoms with Crippen LogP contribution in [-0.4, -0.2) is 26.2 Å². The number of carbonyl (C=O) groups is 2. The van der Waals surface area contributed by atoms with Gasteiger partial charge in [-0.05, 0) is 49.6 Å². The highest BCUT2D eigenvalue weighted by molar-refractivity contribution is 5.90. The highest BCUT2D eigenvalue weighted by Gasteiger charge is 2.06. The van der Waals surface area contributed by atoms with Crippen molar-refractivity contribution in [1.82, 2.24) is 0 Å². The second kappa shape index (κ2) is 14.6. The van der Waals surface area contributed by atoms with E-state index in [0.717, 1.165) is 5.56 Å². The lowest BCUT2D eigenvalue weighted by molar-refractivity contribution is -0.136. The minimum atomic E-state index is -0.310. The van der Waals surface area contributed by atoms with Crippen LogP contribution in [0.1, 0.15) is 29.8 Å². The Morgan fingerprint density at radius 2 is 1.48 bits per heavy atom. The molecule has 2 aromatic rings. The average Bonchev–Trinajstić information content (AvgIpc) is 2.74. The Bertz CT molecular complexity index is 830. The van der Waals surface area contributed by atoms with Crippen molar-refractivity contribution >= 4 is 11.9 Å². The highest BCUT2D eigenvalue weighted by atomic mass is 16.5. The van der Waals surface area contributed by atoms with Gasteiger partial charge >= 0.3 is 11.9 Å². The molecule has 0 aliphatic heterocycles. The predicted molar refractivity (Wildman–Crippen MR) is 120 cm³/mol. The number of methoxy groups -OCH3 is 2. The average molecular weight is 395 g/mol. The van der Waals surface area contributed by atoms with Gasteiger partial charge in [-0.25, -0.2) is 9.59 Å². The van der Waals surface area contributed by atoms with E-state index < -0.39 is 0 Å². The van der Waals surface area contributed by atoms with Crippen LogP contribution in [0.5, 0.6) is 0 Å². The molecule has 0 aliphatic rings. The maximum absolute atomic E-state index is 11.3. The third kappa shape index (κ3) is 9.38. The van der Waals surface area contributed by atoms with E-state index in [0.29, 0.717) is 11.1 Å². The molecule has 0 saturated heterocycles. The predicted octanol–water partition coefficient (Wildman–Crippen LogP) is 5.93. The van der Waals surface area contributed by atoms with Crippen molar-refractivity contribution in [2.24, 2.45) is 0 Å². The van der Waals surface area contributed by atoms with E-state index in [-0.39, 0.29) is 11.9 Å². The topological polar surface area (TPSA) is 52.6 Å². The summed E-state index contributed by atoms with van der Waals surface area (Å²) >= 11 is 0. The minimum Gasteiger partial charge on any atom is -0.466 e. The first-order chi connectivity index (χ1) is 13.9. The van der Waals surface area contributed by atoms with Crippen LogP contribution in [0.25, 0.3) is 11.1 Å². The van der Waals surface area contributed by atoms with Crippen molar-refractivity contribution < 1.29 is 19.1 Å². The molecule has 0 bridgehead atoms. The first-order valence-electron chi connectivity index (χ1n) is 9.05. The van der Waals surface area contributed by atoms with E-state index in [9.17, 15) is 9.59 Å². The third-order valence-electron chi connectivity index (χ3n) is 3.64. The van der Waals surface area contributed by atoms with Gasteiger partial charge in [0.25, 0.3) is 0 Å². The number of ether oxygens (including phenoxy) is 2. The summed E-state index contributed by atoms with van der Waals surface area (Å²) in [7, 11) is 2.74. The molecule has 0 atom stereocenters. The first kappa shape index (κ1) is 25.6. The van der Waals surface area contributed by atoms with Gasteiger partial charge in [-0.15, -0.1) is 6.58 Å². The zero-order chi connectivity index (χ0) is 22.2. The molecule has 0 amide bonds. The van der Waals surface area contributed by atoms with Crippen LogP contribution >= 0.6 is 0 Å². The van der Waals surface area contributed by atoms with Gasteiger partial charge in [0.15, 0.2) is 0 Å². The molecule has 0 aromatic heterocycles. The normalized spacial score (nSPS) is 9.62. The van der Waals surface area contributed by atoms with Crippen LogP contribution < -0.4 is 0 Å². The summed E-state index contributed by atoms with van der Waals surface area (Å²) in [6, 6.07) is 15.6. The van der Waals surface area contributed by atoms with E-state index in [1.807, 2.05) is 31.2 Å². The van der Waals surface area contributed by atoms with Crippen molar-refractivity contribution in [2.75, 3.05) is 14.2 Å². The van der Waals surface area contributed by atoms with E-state index >= 15 is 0 Å². The van der Waals surface area contributed by atoms with Crippen LogP contribution in [0.3, 0.4) is 0 Å². The molecule has 0 heterocycles. The quantitative estimate of drug-likeness (QED) is 0.279. The summed E-state index contributed by atoms with van der Waals surface area (Å²) in [5.74, 6) is -0.615. The monoisotopic (exact) mass is 394 g/mol. The summed E-state index contributed by atoms with van der Waals surface area (Å²) < 4.78 is 9.08. The van der Waals surface area contributed by atoms with Gasteiger partial charge in [0.05, 0.1) is 19.8 Å². The maximum atomic E-state index is 11.3. The fourth-order valence-electron chi connectivity index (χ4n) is 2.21. The second-order valence-corrected chi connectivity index (χ2v) is 5.87. The first-order valence-corrected chi connectivity index (χ1v) is 9.05. The molecule has 0 unspecified atom stereocenters. The van der Waals surface area contributed by atoms with Gasteiger partial charge in [0.1, 0.15) is 0 Å². The summed E-state index contributed by atoms with van der Waals surface area (Å²) in [6.45, 7) is 12.4. The van der Waals surface area contributed by atoms with Gasteiger partial charge in [0, 0.05) is 5.57 Å². The van der Waals surface area contributed by atoms with Gasteiger partial charge in [0.2, 0.25) is 0 Å². The second-order valence-electron chi connectivity index (χ2n) is 5.87. The van der Waals surface area contributed by atoms with Crippen molar-refractivity contribution in [3.8, 4) is 11.1 Å². The standard InChI is InChI=1S/C15H14O2.C7H10O2.C3H6/c1-11-5-3-4-6-14(11)12-7-9-13(10-8-12)15(16)17-2;1-4-5-6(2)7(8)9-3;1-3-2/h3-10H,1-2H3;4-5H,1H2,2-3H3;3H,1H2,2H3/b;6-5+;. The Balaban J connectivity index is 0.000000554. The molecule has 0 spiro atoms. The molecule has 0 aliphatic carbocycles. The lowest BCUT2D eigenvalue weighted by Crippen LogP contribution is -2.00. The number of hydrogen-bond donors (Lipinski definition) is 0. The van der Waals surface area contributed by atoms with E-state index in [1.54, 1.807) is 37.3 Å². The van der Waals surface area contributed by atoms with Crippen molar-refractivity contribution in [2.45, 2.75) is 20.8 Å². The molecular weight excluding hydrogens is 364 g/mol. The number of esters is 2. The Morgan fingerprint density at radius 1 is 0.931 bits per heavy atom. The van der Waals surface area contributed by atoms with Crippen molar-refractivity contribution in [3.63, 3.8) is 0 Å². The SMILES string of the molecule is C=C/C=C(\C)C(=O)OC.C=CC.COC(=O)c1ccc(-c2ccccc2C)cc1. The largest absolute Gasteiger partial charge is 0.466 e. The number of hydrogen-bond acceptors (Lipinski definition) is 4. The van der Waals surface area contributed by atoms with E-state index in [1.165, 1.54) is 25.3 Å². The molecule has 2 rings (SSSR count). The fourth-order valence-corrected chi connectivity index (χ4v) is 2.21. The Labute approximate surface area is 174 Å². The van der Waals surface area contributed by atoms with Crippen LogP contribution in [0.15, 0.2) is 85.5 Å². The summed E-state index contributed by atoms with van der Waals surface area (Å²) in [5, 5.41) is 0. The number of aryl methyl sites for hydroxylation is 1. The lowest BCUT2D eigenvalue weighted by Gasteiger charge is -2.06. The van der Waals surface area contributed by atoms with Crippen LogP contribution in [-0.2, 0) is 14.3 Å². The molecule has 4 nitrogen and oxygen atoms in total. The zero-order valence-corrected chi connectivity index (χ0v) is 17.9. The number of carbonyl (C=O) groups excluding carboxylic acids is 2. The molecule has 4 heteroatoms. The lowest BCUT2D eigenvalue weighted by atomic mass is 10.00. The highest BCUT2D eigenvalue weighted by Crippen LogP contribution is 2.23. The third-order valence-corrected chi connectivity index (χ3v) is 3.64. The summed E-state index contributed by atoms with van der Waals surface area (Å²) in [4.78, 5) is 21.9. The molecule has 0 radical (unpaired) electrons. The van der Waals surface area contributed by atoms with Crippen LogP contribution in [0, 0.1) is 6.92 Å². The molecular formula is C25H30O4. The maximum Gasteiger partial charge on any atom is 0.337 e. The molecule has 29 heavy (non-hydrogen) atoms. The molecule has 154 valence electrons. The van der Waals surface area contributed by atoms with E-state index in [2.05, 4.69) is 41.7 Å². The van der Waals surface area contributed by atoms with Gasteiger partial charge in [-0.1, -0.05) is 61.2 Å². The van der Waals surface area contributed by atoms with Crippen molar-refractivity contribution in [3.05, 3.63) is 96.6 Å². The van der Waals surface area contributed by atoms with Gasteiger partial charge < -0.3 is 9.47 Å². The van der Waals surface area contributed by atoms with Gasteiger partial charge in [-0.3, -0.25) is 0 Å². The van der Waals surface area contributed by atoms with Crippen molar-refractivity contribution in [1.29, 1.82) is 0 Å². The number of benzene rings is 2. The zero-order valence-electron chi connectivity index (χ0n) is 17.9. The molecule has 0 saturated carbocycles. The molecule has 2 aromatic carbocycles. The molecule has 0 fully saturated rings. The van der Waals surface area contributed by atoms with Crippen LogP contribution in [0.2, 0.25) is 0 Å². The Hall–Kier alpha value is -3.40. The summed E-state index contributed by atoms with van der Waals surface area (Å²) in [5.41, 5.74) is 4.65. The number of rotatable bonds is 4. The summed E-state index contributed by atoms with van der Waals surface area (Å²) in [6.07, 6.45) is 4.90. The smallest absolute Gasteiger partial charge is 0.337 e. The Kier molecular flexibility index (Phi) is 12.9. The minimum absolute atomic E-state index is 0.304. The number of allylic oxidation sites excluding steroid dienone is 3. The fraction of sp³-hybridized carbons (Fsp3) is 0.200. The van der Waals surface area contributed by atoms with Crippen LogP contribution in [0.4, 0.5) is 0 Å². The Morgan fingerprint density at radius 3 is 1.93 bits per heavy atom. The van der Waals surface area contributed by atoms with Gasteiger partial charge in [-0.2, -0.15) is 0 Å².